The summed E-state index contributed by atoms with van der Waals surface area (Å²) in [6.07, 6.45) is 2.05. The van der Waals surface area contributed by atoms with E-state index in [0.29, 0.717) is 5.92 Å². The second-order valence-electron chi connectivity index (χ2n) is 2.69. The van der Waals surface area contributed by atoms with Crippen molar-refractivity contribution in [3.8, 4) is 0 Å². The monoisotopic (exact) mass is 146 g/mol. The molecule has 0 radical (unpaired) electrons. The molecule has 0 bridgehead atoms. The van der Waals surface area contributed by atoms with Gasteiger partial charge in [0.1, 0.15) is 0 Å². The molecule has 2 heteroatoms. The molecule has 0 aromatic rings. The van der Waals surface area contributed by atoms with E-state index in [1.165, 1.54) is 0 Å². The topological polar surface area (TPSA) is 29.5 Å². The van der Waals surface area contributed by atoms with Crippen molar-refractivity contribution < 1.29 is 9.84 Å². The van der Waals surface area contributed by atoms with Gasteiger partial charge < -0.3 is 9.84 Å². The molecule has 0 aliphatic rings. The van der Waals surface area contributed by atoms with E-state index in [9.17, 15) is 0 Å². The van der Waals surface area contributed by atoms with Crippen LogP contribution in [0.3, 0.4) is 0 Å². The molecule has 0 aliphatic carbocycles. The average molecular weight is 146 g/mol. The van der Waals surface area contributed by atoms with Crippen molar-refractivity contribution in [2.24, 2.45) is 5.92 Å². The standard InChI is InChI=1S/C8H18O2/c1-3-5-10-6-4-8(2)7-9/h8-9H,3-7H2,1-2H3. The quantitative estimate of drug-likeness (QED) is 0.574. The number of hydrogen-bond donors (Lipinski definition) is 1. The van der Waals surface area contributed by atoms with Crippen molar-refractivity contribution in [3.63, 3.8) is 0 Å². The van der Waals surface area contributed by atoms with Crippen LogP contribution in [0.4, 0.5) is 0 Å². The zero-order valence-electron chi connectivity index (χ0n) is 6.97. The van der Waals surface area contributed by atoms with Crippen LogP contribution in [-0.2, 0) is 4.74 Å². The highest BCUT2D eigenvalue weighted by molar-refractivity contribution is 4.47. The van der Waals surface area contributed by atoms with E-state index in [4.69, 9.17) is 9.84 Å². The molecule has 1 N–H and O–H groups in total. The number of hydrogen-bond acceptors (Lipinski definition) is 2. The predicted molar refractivity (Wildman–Crippen MR) is 42.0 cm³/mol. The molecule has 0 heterocycles. The van der Waals surface area contributed by atoms with Gasteiger partial charge in [-0.25, -0.2) is 0 Å². The lowest BCUT2D eigenvalue weighted by Gasteiger charge is -2.06. The Hall–Kier alpha value is -0.0800. The van der Waals surface area contributed by atoms with Gasteiger partial charge in [-0.3, -0.25) is 0 Å². The first kappa shape index (κ1) is 9.92. The largest absolute Gasteiger partial charge is 0.396 e. The molecule has 0 aliphatic heterocycles. The van der Waals surface area contributed by atoms with Gasteiger partial charge in [-0.15, -0.1) is 0 Å². The van der Waals surface area contributed by atoms with Crippen molar-refractivity contribution in [2.75, 3.05) is 19.8 Å². The summed E-state index contributed by atoms with van der Waals surface area (Å²) >= 11 is 0. The molecular formula is C8H18O2. The van der Waals surface area contributed by atoms with E-state index >= 15 is 0 Å². The zero-order chi connectivity index (χ0) is 7.82. The highest BCUT2D eigenvalue weighted by Gasteiger charge is 1.97. The fraction of sp³-hybridized carbons (Fsp3) is 1.00. The number of ether oxygens (including phenoxy) is 1. The zero-order valence-corrected chi connectivity index (χ0v) is 6.97. The van der Waals surface area contributed by atoms with Crippen LogP contribution < -0.4 is 0 Å². The molecule has 0 aromatic heterocycles. The molecule has 0 fully saturated rings. The molecule has 0 saturated heterocycles. The van der Waals surface area contributed by atoms with E-state index in [-0.39, 0.29) is 6.61 Å². The van der Waals surface area contributed by atoms with Crippen LogP contribution in [-0.4, -0.2) is 24.9 Å². The van der Waals surface area contributed by atoms with Crippen LogP contribution in [0.25, 0.3) is 0 Å². The Labute approximate surface area is 63.2 Å². The van der Waals surface area contributed by atoms with Gasteiger partial charge in [0, 0.05) is 19.8 Å². The Morgan fingerprint density at radius 1 is 1.40 bits per heavy atom. The molecule has 62 valence electrons. The minimum atomic E-state index is 0.273. The summed E-state index contributed by atoms with van der Waals surface area (Å²) in [5.74, 6) is 0.386. The van der Waals surface area contributed by atoms with Gasteiger partial charge >= 0.3 is 0 Å². The maximum Gasteiger partial charge on any atom is 0.0469 e. The molecule has 0 aromatic carbocycles. The van der Waals surface area contributed by atoms with Gasteiger partial charge in [0.05, 0.1) is 0 Å². The summed E-state index contributed by atoms with van der Waals surface area (Å²) < 4.78 is 5.24. The molecule has 0 saturated carbocycles. The van der Waals surface area contributed by atoms with Gasteiger partial charge in [0.2, 0.25) is 0 Å². The van der Waals surface area contributed by atoms with Crippen molar-refractivity contribution in [3.05, 3.63) is 0 Å². The molecule has 0 spiro atoms. The van der Waals surface area contributed by atoms with Crippen molar-refractivity contribution in [2.45, 2.75) is 26.7 Å². The summed E-state index contributed by atoms with van der Waals surface area (Å²) in [6.45, 7) is 6.02. The summed E-state index contributed by atoms with van der Waals surface area (Å²) in [7, 11) is 0. The fourth-order valence-corrected chi connectivity index (χ4v) is 0.622. The summed E-state index contributed by atoms with van der Waals surface area (Å²) in [5, 5.41) is 8.64. The van der Waals surface area contributed by atoms with Crippen LogP contribution >= 0.6 is 0 Å². The van der Waals surface area contributed by atoms with Gasteiger partial charge in [-0.05, 0) is 18.8 Å². The van der Waals surface area contributed by atoms with E-state index in [0.717, 1.165) is 26.1 Å². The Kier molecular flexibility index (Phi) is 6.98. The second kappa shape index (κ2) is 7.03. The van der Waals surface area contributed by atoms with Crippen LogP contribution in [0.2, 0.25) is 0 Å². The Morgan fingerprint density at radius 3 is 2.60 bits per heavy atom. The minimum absolute atomic E-state index is 0.273. The van der Waals surface area contributed by atoms with Crippen LogP contribution in [0.1, 0.15) is 26.7 Å². The fourth-order valence-electron chi connectivity index (χ4n) is 0.622. The average Bonchev–Trinajstić information content (AvgIpc) is 1.98. The lowest BCUT2D eigenvalue weighted by atomic mass is 10.1. The van der Waals surface area contributed by atoms with E-state index < -0.39 is 0 Å². The van der Waals surface area contributed by atoms with Gasteiger partial charge in [-0.1, -0.05) is 13.8 Å². The molecule has 1 unspecified atom stereocenters. The smallest absolute Gasteiger partial charge is 0.0469 e. The Morgan fingerprint density at radius 2 is 2.10 bits per heavy atom. The lowest BCUT2D eigenvalue weighted by molar-refractivity contribution is 0.110. The molecule has 2 nitrogen and oxygen atoms in total. The molecular weight excluding hydrogens is 128 g/mol. The predicted octanol–water partition coefficient (Wildman–Crippen LogP) is 1.43. The molecule has 0 rings (SSSR count). The normalized spacial score (nSPS) is 13.5. The van der Waals surface area contributed by atoms with Gasteiger partial charge in [0.15, 0.2) is 0 Å². The first-order valence-electron chi connectivity index (χ1n) is 3.99. The van der Waals surface area contributed by atoms with Gasteiger partial charge in [0.25, 0.3) is 0 Å². The van der Waals surface area contributed by atoms with E-state index in [1.807, 2.05) is 6.92 Å². The third-order valence-corrected chi connectivity index (χ3v) is 1.42. The highest BCUT2D eigenvalue weighted by Crippen LogP contribution is 1.99. The third kappa shape index (κ3) is 6.05. The van der Waals surface area contributed by atoms with Crippen molar-refractivity contribution in [1.82, 2.24) is 0 Å². The maximum atomic E-state index is 8.64. The van der Waals surface area contributed by atoms with Crippen LogP contribution in [0, 0.1) is 5.92 Å². The van der Waals surface area contributed by atoms with E-state index in [1.54, 1.807) is 0 Å². The molecule has 1 atom stereocenters. The SMILES string of the molecule is CCCOCCC(C)CO. The van der Waals surface area contributed by atoms with Crippen LogP contribution in [0.5, 0.6) is 0 Å². The summed E-state index contributed by atoms with van der Waals surface area (Å²) in [4.78, 5) is 0. The van der Waals surface area contributed by atoms with Crippen molar-refractivity contribution >= 4 is 0 Å². The number of rotatable bonds is 6. The Balaban J connectivity index is 2.89. The van der Waals surface area contributed by atoms with E-state index in [2.05, 4.69) is 6.92 Å². The molecule has 10 heavy (non-hydrogen) atoms. The second-order valence-corrected chi connectivity index (χ2v) is 2.69. The van der Waals surface area contributed by atoms with Crippen molar-refractivity contribution in [1.29, 1.82) is 0 Å². The minimum Gasteiger partial charge on any atom is -0.396 e. The number of aliphatic hydroxyl groups is 1. The highest BCUT2D eigenvalue weighted by atomic mass is 16.5. The maximum absolute atomic E-state index is 8.64. The molecule has 0 amide bonds. The lowest BCUT2D eigenvalue weighted by Crippen LogP contribution is -2.05. The Bertz CT molecular complexity index is 64.3. The summed E-state index contributed by atoms with van der Waals surface area (Å²) in [6, 6.07) is 0. The van der Waals surface area contributed by atoms with Crippen LogP contribution in [0.15, 0.2) is 0 Å². The first-order valence-corrected chi connectivity index (χ1v) is 3.99. The van der Waals surface area contributed by atoms with Gasteiger partial charge in [-0.2, -0.15) is 0 Å². The third-order valence-electron chi connectivity index (χ3n) is 1.42. The number of aliphatic hydroxyl groups excluding tert-OH is 1. The summed E-state index contributed by atoms with van der Waals surface area (Å²) in [5.41, 5.74) is 0. The first-order chi connectivity index (χ1) is 4.81.